The number of para-hydroxylation sites is 1. The SMILES string of the molecule is Cc1ccc(SCc2nnc(SCC(=O)Nc3cccc(C)c3)n2-c2ccccc2)cc1. The highest BCUT2D eigenvalue weighted by atomic mass is 32.2. The summed E-state index contributed by atoms with van der Waals surface area (Å²) < 4.78 is 2.03. The van der Waals surface area contributed by atoms with Gasteiger partial charge in [-0.1, -0.05) is 59.8 Å². The van der Waals surface area contributed by atoms with Crippen LogP contribution in [0, 0.1) is 13.8 Å². The number of nitrogens with zero attached hydrogens (tertiary/aromatic N) is 3. The molecule has 0 atom stereocenters. The summed E-state index contributed by atoms with van der Waals surface area (Å²) in [5.74, 6) is 1.72. The second kappa shape index (κ2) is 10.5. The first-order chi connectivity index (χ1) is 15.6. The average Bonchev–Trinajstić information content (AvgIpc) is 3.21. The maximum Gasteiger partial charge on any atom is 0.234 e. The molecule has 7 heteroatoms. The molecule has 0 aliphatic heterocycles. The number of thioether (sulfide) groups is 2. The van der Waals surface area contributed by atoms with Crippen molar-refractivity contribution in [3.05, 3.63) is 95.8 Å². The Morgan fingerprint density at radius 3 is 2.41 bits per heavy atom. The van der Waals surface area contributed by atoms with Gasteiger partial charge in [0.05, 0.1) is 11.5 Å². The normalized spacial score (nSPS) is 10.8. The predicted octanol–water partition coefficient (Wildman–Crippen LogP) is 5.91. The molecule has 0 unspecified atom stereocenters. The first-order valence-electron chi connectivity index (χ1n) is 10.3. The van der Waals surface area contributed by atoms with E-state index in [0.29, 0.717) is 10.9 Å². The predicted molar refractivity (Wildman–Crippen MR) is 133 cm³/mol. The molecule has 5 nitrogen and oxygen atoms in total. The van der Waals surface area contributed by atoms with Crippen molar-refractivity contribution in [3.63, 3.8) is 0 Å². The van der Waals surface area contributed by atoms with Gasteiger partial charge in [-0.2, -0.15) is 0 Å². The lowest BCUT2D eigenvalue weighted by atomic mass is 10.2. The number of rotatable bonds is 8. The maximum atomic E-state index is 12.5. The lowest BCUT2D eigenvalue weighted by molar-refractivity contribution is -0.113. The number of carbonyl (C=O) groups is 1. The van der Waals surface area contributed by atoms with Gasteiger partial charge in [0.25, 0.3) is 0 Å². The van der Waals surface area contributed by atoms with Gasteiger partial charge < -0.3 is 5.32 Å². The standard InChI is InChI=1S/C25H24N4OS2/c1-18-11-13-22(14-12-18)31-16-23-27-28-25(29(23)21-9-4-3-5-10-21)32-17-24(30)26-20-8-6-7-19(2)15-20/h3-15H,16-17H2,1-2H3,(H,26,30). The lowest BCUT2D eigenvalue weighted by Gasteiger charge is -2.10. The molecule has 0 aliphatic rings. The Morgan fingerprint density at radius 2 is 1.66 bits per heavy atom. The number of anilines is 1. The molecule has 32 heavy (non-hydrogen) atoms. The van der Waals surface area contributed by atoms with Crippen molar-refractivity contribution in [2.45, 2.75) is 29.7 Å². The smallest absolute Gasteiger partial charge is 0.234 e. The van der Waals surface area contributed by atoms with E-state index in [9.17, 15) is 4.79 Å². The summed E-state index contributed by atoms with van der Waals surface area (Å²) in [4.78, 5) is 13.7. The quantitative estimate of drug-likeness (QED) is 0.331. The molecule has 0 saturated heterocycles. The third-order valence-corrected chi connectivity index (χ3v) is 6.67. The first-order valence-corrected chi connectivity index (χ1v) is 12.2. The number of hydrogen-bond acceptors (Lipinski definition) is 5. The number of carbonyl (C=O) groups excluding carboxylic acids is 1. The number of amides is 1. The zero-order valence-corrected chi connectivity index (χ0v) is 19.6. The second-order valence-corrected chi connectivity index (χ2v) is 9.37. The van der Waals surface area contributed by atoms with Gasteiger partial charge >= 0.3 is 0 Å². The van der Waals surface area contributed by atoms with Gasteiger partial charge in [-0.05, 0) is 55.8 Å². The Morgan fingerprint density at radius 1 is 0.875 bits per heavy atom. The van der Waals surface area contributed by atoms with Crippen molar-refractivity contribution in [1.29, 1.82) is 0 Å². The molecule has 0 saturated carbocycles. The molecular formula is C25H24N4OS2. The topological polar surface area (TPSA) is 59.8 Å². The molecule has 0 bridgehead atoms. The van der Waals surface area contributed by atoms with Crippen LogP contribution in [0.4, 0.5) is 5.69 Å². The van der Waals surface area contributed by atoms with Crippen LogP contribution in [0.3, 0.4) is 0 Å². The van der Waals surface area contributed by atoms with Crippen LogP contribution in [0.2, 0.25) is 0 Å². The number of aromatic nitrogens is 3. The molecule has 4 rings (SSSR count). The van der Waals surface area contributed by atoms with Crippen LogP contribution in [-0.4, -0.2) is 26.4 Å². The van der Waals surface area contributed by atoms with E-state index in [1.54, 1.807) is 11.8 Å². The minimum Gasteiger partial charge on any atom is -0.325 e. The molecular weight excluding hydrogens is 436 g/mol. The third-order valence-electron chi connectivity index (χ3n) is 4.74. The number of nitrogens with one attached hydrogen (secondary N) is 1. The Bertz CT molecular complexity index is 1190. The molecule has 0 spiro atoms. The highest BCUT2D eigenvalue weighted by Crippen LogP contribution is 2.27. The van der Waals surface area contributed by atoms with E-state index >= 15 is 0 Å². The van der Waals surface area contributed by atoms with E-state index in [0.717, 1.165) is 22.8 Å². The van der Waals surface area contributed by atoms with Crippen molar-refractivity contribution >= 4 is 35.1 Å². The number of aryl methyl sites for hydroxylation is 2. The zero-order valence-electron chi connectivity index (χ0n) is 18.0. The van der Waals surface area contributed by atoms with E-state index in [1.165, 1.54) is 22.2 Å². The molecule has 0 fully saturated rings. The van der Waals surface area contributed by atoms with E-state index in [-0.39, 0.29) is 11.7 Å². The summed E-state index contributed by atoms with van der Waals surface area (Å²) in [5, 5.41) is 12.5. The zero-order chi connectivity index (χ0) is 22.3. The van der Waals surface area contributed by atoms with Crippen LogP contribution < -0.4 is 5.32 Å². The minimum atomic E-state index is -0.0706. The highest BCUT2D eigenvalue weighted by Gasteiger charge is 2.16. The third kappa shape index (κ3) is 5.81. The van der Waals surface area contributed by atoms with Crippen LogP contribution in [0.1, 0.15) is 17.0 Å². The Kier molecular flexibility index (Phi) is 7.29. The fraction of sp³-hybridized carbons (Fsp3) is 0.160. The number of hydrogen-bond donors (Lipinski definition) is 1. The Hall–Kier alpha value is -3.03. The van der Waals surface area contributed by atoms with Crippen LogP contribution in [0.25, 0.3) is 5.69 Å². The summed E-state index contributed by atoms with van der Waals surface area (Å²) in [6.45, 7) is 4.09. The van der Waals surface area contributed by atoms with Gasteiger partial charge in [0.15, 0.2) is 5.16 Å². The molecule has 162 valence electrons. The molecule has 1 heterocycles. The Balaban J connectivity index is 1.48. The van der Waals surface area contributed by atoms with Crippen LogP contribution in [-0.2, 0) is 10.5 Å². The largest absolute Gasteiger partial charge is 0.325 e. The van der Waals surface area contributed by atoms with Crippen molar-refractivity contribution < 1.29 is 4.79 Å². The van der Waals surface area contributed by atoms with Gasteiger partial charge in [0.2, 0.25) is 5.91 Å². The summed E-state index contributed by atoms with van der Waals surface area (Å²) in [7, 11) is 0. The van der Waals surface area contributed by atoms with Crippen molar-refractivity contribution in [1.82, 2.24) is 14.8 Å². The average molecular weight is 461 g/mol. The Labute approximate surface area is 196 Å². The molecule has 1 amide bonds. The molecule has 1 aromatic heterocycles. The molecule has 0 radical (unpaired) electrons. The highest BCUT2D eigenvalue weighted by molar-refractivity contribution is 7.99. The van der Waals surface area contributed by atoms with Crippen molar-refractivity contribution in [3.8, 4) is 5.69 Å². The van der Waals surface area contributed by atoms with E-state index in [4.69, 9.17) is 0 Å². The summed E-state index contributed by atoms with van der Waals surface area (Å²) in [6, 6.07) is 26.3. The number of benzene rings is 3. The van der Waals surface area contributed by atoms with Crippen LogP contribution in [0.5, 0.6) is 0 Å². The van der Waals surface area contributed by atoms with E-state index in [1.807, 2.05) is 66.1 Å². The molecule has 4 aromatic rings. The van der Waals surface area contributed by atoms with E-state index in [2.05, 4.69) is 46.7 Å². The molecule has 0 aliphatic carbocycles. The van der Waals surface area contributed by atoms with Gasteiger partial charge in [0, 0.05) is 16.3 Å². The monoisotopic (exact) mass is 460 g/mol. The van der Waals surface area contributed by atoms with Gasteiger partial charge in [-0.15, -0.1) is 22.0 Å². The van der Waals surface area contributed by atoms with Gasteiger partial charge in [-0.25, -0.2) is 0 Å². The van der Waals surface area contributed by atoms with Gasteiger partial charge in [0.1, 0.15) is 5.82 Å². The summed E-state index contributed by atoms with van der Waals surface area (Å²) in [6.07, 6.45) is 0. The fourth-order valence-corrected chi connectivity index (χ4v) is 4.74. The minimum absolute atomic E-state index is 0.0706. The van der Waals surface area contributed by atoms with E-state index < -0.39 is 0 Å². The van der Waals surface area contributed by atoms with Crippen LogP contribution in [0.15, 0.2) is 88.9 Å². The molecule has 3 aromatic carbocycles. The summed E-state index contributed by atoms with van der Waals surface area (Å²) in [5.41, 5.74) is 4.13. The van der Waals surface area contributed by atoms with Crippen molar-refractivity contribution in [2.24, 2.45) is 0 Å². The maximum absolute atomic E-state index is 12.5. The first kappa shape index (κ1) is 22.2. The summed E-state index contributed by atoms with van der Waals surface area (Å²) >= 11 is 3.11. The molecule has 1 N–H and O–H groups in total. The lowest BCUT2D eigenvalue weighted by Crippen LogP contribution is -2.14. The van der Waals surface area contributed by atoms with Crippen LogP contribution >= 0.6 is 23.5 Å². The van der Waals surface area contributed by atoms with Gasteiger partial charge in [-0.3, -0.25) is 9.36 Å². The second-order valence-electron chi connectivity index (χ2n) is 7.38. The fourth-order valence-electron chi connectivity index (χ4n) is 3.16. The van der Waals surface area contributed by atoms with Crippen molar-refractivity contribution in [2.75, 3.05) is 11.1 Å².